The maximum atomic E-state index is 6.24. The van der Waals surface area contributed by atoms with Gasteiger partial charge in [-0.3, -0.25) is 11.3 Å². The van der Waals surface area contributed by atoms with Crippen molar-refractivity contribution in [3.8, 4) is 0 Å². The molecule has 4 heteroatoms. The van der Waals surface area contributed by atoms with E-state index in [-0.39, 0.29) is 6.04 Å². The molecular formula is C13H16Cl2N2. The fraction of sp³-hybridized carbons (Fsp3) is 0.538. The van der Waals surface area contributed by atoms with Gasteiger partial charge in [-0.1, -0.05) is 29.6 Å². The quantitative estimate of drug-likeness (QED) is 0.651. The Hall–Kier alpha value is -0.280. The van der Waals surface area contributed by atoms with E-state index in [2.05, 4.69) is 5.43 Å². The first-order valence-corrected chi connectivity index (χ1v) is 6.89. The van der Waals surface area contributed by atoms with Crippen molar-refractivity contribution in [2.45, 2.75) is 25.3 Å². The summed E-state index contributed by atoms with van der Waals surface area (Å²) in [6.07, 6.45) is 4.05. The molecule has 17 heavy (non-hydrogen) atoms. The molecule has 0 aromatic heterocycles. The number of nitrogens with two attached hydrogens (primary N) is 1. The maximum absolute atomic E-state index is 6.24. The van der Waals surface area contributed by atoms with Crippen LogP contribution in [-0.2, 0) is 0 Å². The van der Waals surface area contributed by atoms with E-state index in [1.807, 2.05) is 18.2 Å². The largest absolute Gasteiger partial charge is 0.271 e. The second kappa shape index (κ2) is 4.43. The zero-order chi connectivity index (χ0) is 12.0. The minimum atomic E-state index is 0.150. The summed E-state index contributed by atoms with van der Waals surface area (Å²) in [7, 11) is 0. The molecule has 2 aliphatic rings. The SMILES string of the molecule is NNC(c1cc(Cl)ccc1Cl)C1C2CCCC21. The molecule has 2 aliphatic carbocycles. The highest BCUT2D eigenvalue weighted by Crippen LogP contribution is 2.62. The average Bonchev–Trinajstić information content (AvgIpc) is 2.79. The van der Waals surface area contributed by atoms with E-state index in [9.17, 15) is 0 Å². The van der Waals surface area contributed by atoms with Crippen LogP contribution in [0.5, 0.6) is 0 Å². The summed E-state index contributed by atoms with van der Waals surface area (Å²) in [6, 6.07) is 5.75. The number of halogens is 2. The number of benzene rings is 1. The van der Waals surface area contributed by atoms with Crippen LogP contribution in [0.25, 0.3) is 0 Å². The molecule has 2 fully saturated rings. The van der Waals surface area contributed by atoms with Gasteiger partial charge in [-0.25, -0.2) is 0 Å². The van der Waals surface area contributed by atoms with Gasteiger partial charge in [0.15, 0.2) is 0 Å². The van der Waals surface area contributed by atoms with Crippen molar-refractivity contribution in [3.63, 3.8) is 0 Å². The van der Waals surface area contributed by atoms with Crippen LogP contribution in [0.4, 0.5) is 0 Å². The highest BCUT2D eigenvalue weighted by Gasteiger charge is 2.56. The van der Waals surface area contributed by atoms with Crippen LogP contribution in [0.15, 0.2) is 18.2 Å². The zero-order valence-corrected chi connectivity index (χ0v) is 11.0. The van der Waals surface area contributed by atoms with Crippen molar-refractivity contribution < 1.29 is 0 Å². The Balaban J connectivity index is 1.88. The van der Waals surface area contributed by atoms with Gasteiger partial charge in [-0.15, -0.1) is 0 Å². The van der Waals surface area contributed by atoms with Crippen LogP contribution in [-0.4, -0.2) is 0 Å². The first-order valence-electron chi connectivity index (χ1n) is 6.13. The van der Waals surface area contributed by atoms with Gasteiger partial charge in [0.1, 0.15) is 0 Å². The van der Waals surface area contributed by atoms with Crippen molar-refractivity contribution in [2.24, 2.45) is 23.6 Å². The van der Waals surface area contributed by atoms with E-state index >= 15 is 0 Å². The molecule has 0 heterocycles. The highest BCUT2D eigenvalue weighted by atomic mass is 35.5. The summed E-state index contributed by atoms with van der Waals surface area (Å²) in [5.74, 6) is 8.04. The predicted octanol–water partition coefficient (Wildman–Crippen LogP) is 3.54. The highest BCUT2D eigenvalue weighted by molar-refractivity contribution is 6.33. The number of rotatable bonds is 3. The lowest BCUT2D eigenvalue weighted by Crippen LogP contribution is -2.31. The molecule has 0 saturated heterocycles. The van der Waals surface area contributed by atoms with Crippen LogP contribution in [0.2, 0.25) is 10.0 Å². The monoisotopic (exact) mass is 270 g/mol. The topological polar surface area (TPSA) is 38.0 Å². The molecule has 3 rings (SSSR count). The molecule has 1 aromatic rings. The molecule has 0 aliphatic heterocycles. The van der Waals surface area contributed by atoms with Gasteiger partial charge < -0.3 is 0 Å². The minimum absolute atomic E-state index is 0.150. The third kappa shape index (κ3) is 1.97. The third-order valence-electron chi connectivity index (χ3n) is 4.33. The number of nitrogens with one attached hydrogen (secondary N) is 1. The average molecular weight is 271 g/mol. The third-order valence-corrected chi connectivity index (χ3v) is 4.91. The second-order valence-corrected chi connectivity index (χ2v) is 5.99. The lowest BCUT2D eigenvalue weighted by Gasteiger charge is -2.19. The molecule has 3 unspecified atom stereocenters. The molecule has 0 bridgehead atoms. The molecule has 0 radical (unpaired) electrons. The molecule has 1 aromatic carbocycles. The molecule has 92 valence electrons. The summed E-state index contributed by atoms with van der Waals surface area (Å²) < 4.78 is 0. The van der Waals surface area contributed by atoms with Crippen molar-refractivity contribution >= 4 is 23.2 Å². The fourth-order valence-corrected chi connectivity index (χ4v) is 3.95. The van der Waals surface area contributed by atoms with Gasteiger partial charge in [0.25, 0.3) is 0 Å². The molecule has 2 saturated carbocycles. The Kier molecular flexibility index (Phi) is 3.07. The number of hydrogen-bond acceptors (Lipinski definition) is 2. The first-order chi connectivity index (χ1) is 8.22. The Morgan fingerprint density at radius 2 is 1.94 bits per heavy atom. The number of hydrogen-bond donors (Lipinski definition) is 2. The maximum Gasteiger partial charge on any atom is 0.0508 e. The van der Waals surface area contributed by atoms with Crippen molar-refractivity contribution in [2.75, 3.05) is 0 Å². The van der Waals surface area contributed by atoms with Gasteiger partial charge >= 0.3 is 0 Å². The van der Waals surface area contributed by atoms with E-state index in [0.29, 0.717) is 5.92 Å². The lowest BCUT2D eigenvalue weighted by molar-refractivity contribution is 0.425. The molecule has 0 amide bonds. The van der Waals surface area contributed by atoms with Gasteiger partial charge in [-0.2, -0.15) is 0 Å². The molecule has 2 nitrogen and oxygen atoms in total. The van der Waals surface area contributed by atoms with Crippen LogP contribution in [0.3, 0.4) is 0 Å². The van der Waals surface area contributed by atoms with Crippen LogP contribution < -0.4 is 11.3 Å². The van der Waals surface area contributed by atoms with Crippen LogP contribution in [0, 0.1) is 17.8 Å². The van der Waals surface area contributed by atoms with Crippen LogP contribution in [0.1, 0.15) is 30.9 Å². The summed E-state index contributed by atoms with van der Waals surface area (Å²) in [4.78, 5) is 0. The normalized spacial score (nSPS) is 32.3. The van der Waals surface area contributed by atoms with Crippen molar-refractivity contribution in [1.29, 1.82) is 0 Å². The predicted molar refractivity (Wildman–Crippen MR) is 70.8 cm³/mol. The minimum Gasteiger partial charge on any atom is -0.271 e. The lowest BCUT2D eigenvalue weighted by atomic mass is 9.97. The summed E-state index contributed by atoms with van der Waals surface area (Å²) in [5, 5.41) is 1.47. The van der Waals surface area contributed by atoms with E-state index in [4.69, 9.17) is 29.0 Å². The number of hydrazine groups is 1. The van der Waals surface area contributed by atoms with Gasteiger partial charge in [0, 0.05) is 10.0 Å². The Morgan fingerprint density at radius 3 is 2.59 bits per heavy atom. The molecular weight excluding hydrogens is 255 g/mol. The molecule has 3 atom stereocenters. The zero-order valence-electron chi connectivity index (χ0n) is 9.50. The van der Waals surface area contributed by atoms with E-state index in [1.165, 1.54) is 19.3 Å². The standard InChI is InChI=1S/C13H16Cl2N2/c14-7-4-5-11(15)10(6-7)13(17-16)12-8-2-1-3-9(8)12/h4-6,8-9,12-13,17H,1-3,16H2. The van der Waals surface area contributed by atoms with Gasteiger partial charge in [0.2, 0.25) is 0 Å². The van der Waals surface area contributed by atoms with Gasteiger partial charge in [0.05, 0.1) is 6.04 Å². The summed E-state index contributed by atoms with van der Waals surface area (Å²) in [6.45, 7) is 0. The number of fused-ring (bicyclic) bond motifs is 1. The fourth-order valence-electron chi connectivity index (χ4n) is 3.53. The van der Waals surface area contributed by atoms with E-state index < -0.39 is 0 Å². The Bertz CT molecular complexity index is 425. The Labute approximate surface area is 111 Å². The molecule has 3 N–H and O–H groups in total. The van der Waals surface area contributed by atoms with Gasteiger partial charge in [-0.05, 0) is 54.4 Å². The van der Waals surface area contributed by atoms with E-state index in [1.54, 1.807) is 0 Å². The van der Waals surface area contributed by atoms with Crippen molar-refractivity contribution in [1.82, 2.24) is 5.43 Å². The summed E-state index contributed by atoms with van der Waals surface area (Å²) in [5.41, 5.74) is 3.98. The van der Waals surface area contributed by atoms with E-state index in [0.717, 1.165) is 27.4 Å². The molecule has 0 spiro atoms. The second-order valence-electron chi connectivity index (χ2n) is 5.15. The van der Waals surface area contributed by atoms with Crippen LogP contribution >= 0.6 is 23.2 Å². The van der Waals surface area contributed by atoms with Crippen molar-refractivity contribution in [3.05, 3.63) is 33.8 Å². The summed E-state index contributed by atoms with van der Waals surface area (Å²) >= 11 is 12.3. The first kappa shape index (κ1) is 11.8. The smallest absolute Gasteiger partial charge is 0.0508 e. The Morgan fingerprint density at radius 1 is 1.24 bits per heavy atom.